The van der Waals surface area contributed by atoms with Gasteiger partial charge in [0.05, 0.1) is 25.4 Å². The van der Waals surface area contributed by atoms with Gasteiger partial charge in [-0.1, -0.05) is 366 Å². The molecule has 0 aliphatic heterocycles. The van der Waals surface area contributed by atoms with E-state index < -0.39 is 12.1 Å². The van der Waals surface area contributed by atoms with Gasteiger partial charge < -0.3 is 20.3 Å². The van der Waals surface area contributed by atoms with Gasteiger partial charge in [0, 0.05) is 12.8 Å². The third-order valence-electron chi connectivity index (χ3n) is 17.3. The maximum Gasteiger partial charge on any atom is 0.305 e. The lowest BCUT2D eigenvalue weighted by atomic mass is 10.0. The Bertz CT molecular complexity index is 1250. The molecule has 0 spiro atoms. The number of allylic oxidation sites excluding steroid dienone is 4. The molecule has 0 saturated heterocycles. The Morgan fingerprint density at radius 3 is 0.950 bits per heavy atom. The molecule has 6 heteroatoms. The van der Waals surface area contributed by atoms with E-state index in [-0.39, 0.29) is 18.5 Å². The van der Waals surface area contributed by atoms with Crippen LogP contribution in [0, 0.1) is 0 Å². The second kappa shape index (κ2) is 69.8. The van der Waals surface area contributed by atoms with Crippen molar-refractivity contribution in [3.63, 3.8) is 0 Å². The van der Waals surface area contributed by atoms with E-state index in [1.54, 1.807) is 0 Å². The zero-order valence-electron chi connectivity index (χ0n) is 54.3. The number of hydrogen-bond acceptors (Lipinski definition) is 5. The largest absolute Gasteiger partial charge is 0.466 e. The van der Waals surface area contributed by atoms with Gasteiger partial charge in [0.15, 0.2) is 0 Å². The van der Waals surface area contributed by atoms with E-state index in [0.29, 0.717) is 25.9 Å². The molecule has 1 amide bonds. The third kappa shape index (κ3) is 65.5. The summed E-state index contributed by atoms with van der Waals surface area (Å²) in [7, 11) is 0. The van der Waals surface area contributed by atoms with Gasteiger partial charge in [-0.3, -0.25) is 9.59 Å². The van der Waals surface area contributed by atoms with E-state index in [0.717, 1.165) is 44.9 Å². The molecule has 0 bridgehead atoms. The molecular weight excluding hydrogens is 983 g/mol. The standard InChI is InChI=1S/C74H143NO5/c1-3-5-7-9-11-13-14-15-41-45-48-52-56-60-64-68-74(79)80-69-65-61-57-53-49-46-43-40-38-36-34-32-30-28-26-24-22-20-18-16-17-19-21-23-25-27-29-31-33-35-37-39-42-44-47-51-55-59-63-67-73(78)75-71(70-76)72(77)66-62-58-54-50-12-10-8-6-4-2/h16-17,20,22,71-72,76-77H,3-15,18-19,21,23-70H2,1-2H3,(H,75,78)/b17-16-,22-20-. The maximum atomic E-state index is 12.4. The topological polar surface area (TPSA) is 95.9 Å². The first-order chi connectivity index (χ1) is 39.5. The van der Waals surface area contributed by atoms with Crippen LogP contribution >= 0.6 is 0 Å². The Morgan fingerprint density at radius 1 is 0.350 bits per heavy atom. The zero-order valence-corrected chi connectivity index (χ0v) is 54.3. The number of carbonyl (C=O) groups is 2. The number of nitrogens with one attached hydrogen (secondary N) is 1. The van der Waals surface area contributed by atoms with E-state index >= 15 is 0 Å². The Morgan fingerprint density at radius 2 is 0.625 bits per heavy atom. The highest BCUT2D eigenvalue weighted by Gasteiger charge is 2.20. The van der Waals surface area contributed by atoms with Crippen molar-refractivity contribution in [1.29, 1.82) is 0 Å². The lowest BCUT2D eigenvalue weighted by molar-refractivity contribution is -0.143. The number of unbranched alkanes of at least 4 members (excludes halogenated alkanes) is 54. The Labute approximate surface area is 501 Å². The van der Waals surface area contributed by atoms with E-state index in [4.69, 9.17) is 4.74 Å². The molecule has 0 radical (unpaired) electrons. The number of rotatable bonds is 69. The van der Waals surface area contributed by atoms with Crippen molar-refractivity contribution < 1.29 is 24.5 Å². The summed E-state index contributed by atoms with van der Waals surface area (Å²) in [6, 6.07) is -0.536. The van der Waals surface area contributed by atoms with Gasteiger partial charge in [-0.05, 0) is 57.8 Å². The van der Waals surface area contributed by atoms with Gasteiger partial charge >= 0.3 is 5.97 Å². The summed E-state index contributed by atoms with van der Waals surface area (Å²) in [5.74, 6) is -0.00863. The van der Waals surface area contributed by atoms with Crippen LogP contribution in [0.2, 0.25) is 0 Å². The molecule has 0 aromatic carbocycles. The van der Waals surface area contributed by atoms with Crippen LogP contribution in [0.5, 0.6) is 0 Å². The number of esters is 1. The lowest BCUT2D eigenvalue weighted by Gasteiger charge is -2.22. The number of aliphatic hydroxyl groups excluding tert-OH is 2. The van der Waals surface area contributed by atoms with E-state index in [1.807, 2.05) is 0 Å². The first kappa shape index (κ1) is 78.3. The van der Waals surface area contributed by atoms with Gasteiger partial charge in [-0.25, -0.2) is 0 Å². The fourth-order valence-corrected chi connectivity index (χ4v) is 11.7. The molecule has 3 N–H and O–H groups in total. The third-order valence-corrected chi connectivity index (χ3v) is 17.3. The quantitative estimate of drug-likeness (QED) is 0.0320. The number of ether oxygens (including phenoxy) is 1. The van der Waals surface area contributed by atoms with Crippen molar-refractivity contribution in [2.45, 2.75) is 424 Å². The Balaban J connectivity index is 3.31. The van der Waals surface area contributed by atoms with Gasteiger partial charge in [-0.15, -0.1) is 0 Å². The van der Waals surface area contributed by atoms with Gasteiger partial charge in [0.2, 0.25) is 5.91 Å². The monoisotopic (exact) mass is 1130 g/mol. The van der Waals surface area contributed by atoms with E-state index in [2.05, 4.69) is 43.5 Å². The molecule has 6 nitrogen and oxygen atoms in total. The first-order valence-electron chi connectivity index (χ1n) is 36.6. The normalized spacial score (nSPS) is 12.6. The maximum absolute atomic E-state index is 12.4. The highest BCUT2D eigenvalue weighted by atomic mass is 16.5. The Kier molecular flexibility index (Phi) is 68.4. The molecule has 0 saturated carbocycles. The zero-order chi connectivity index (χ0) is 57.8. The van der Waals surface area contributed by atoms with Gasteiger partial charge in [0.25, 0.3) is 0 Å². The molecule has 0 aromatic heterocycles. The van der Waals surface area contributed by atoms with E-state index in [1.165, 1.54) is 334 Å². The van der Waals surface area contributed by atoms with Gasteiger partial charge in [0.1, 0.15) is 0 Å². The number of amides is 1. The fraction of sp³-hybridized carbons (Fsp3) is 0.919. The summed E-state index contributed by atoms with van der Waals surface area (Å²) in [6.45, 7) is 4.97. The summed E-state index contributed by atoms with van der Waals surface area (Å²) in [5, 5.41) is 23.1. The summed E-state index contributed by atoms with van der Waals surface area (Å²) >= 11 is 0. The lowest BCUT2D eigenvalue weighted by Crippen LogP contribution is -2.45. The van der Waals surface area contributed by atoms with Crippen LogP contribution in [0.1, 0.15) is 412 Å². The molecule has 0 aliphatic rings. The SMILES string of the molecule is CCCCCCCCCCCCCCCCCC(=O)OCCCCCCCCCCCCCCCCC/C=C\C/C=C\CCCCCCCCCCCCCCCCCCCC(=O)NC(CO)C(O)CCCCCCCCCCC. The molecule has 2 atom stereocenters. The minimum atomic E-state index is -0.659. The van der Waals surface area contributed by atoms with Crippen LogP contribution in [0.4, 0.5) is 0 Å². The average Bonchev–Trinajstić information content (AvgIpc) is 3.46. The van der Waals surface area contributed by atoms with Crippen molar-refractivity contribution >= 4 is 11.9 Å². The molecule has 2 unspecified atom stereocenters. The van der Waals surface area contributed by atoms with Crippen molar-refractivity contribution in [2.75, 3.05) is 13.2 Å². The molecule has 80 heavy (non-hydrogen) atoms. The molecule has 0 fully saturated rings. The fourth-order valence-electron chi connectivity index (χ4n) is 11.7. The van der Waals surface area contributed by atoms with Crippen LogP contribution in [-0.2, 0) is 14.3 Å². The van der Waals surface area contributed by atoms with Gasteiger partial charge in [-0.2, -0.15) is 0 Å². The summed E-state index contributed by atoms with van der Waals surface area (Å²) in [5.41, 5.74) is 0. The second-order valence-corrected chi connectivity index (χ2v) is 25.3. The van der Waals surface area contributed by atoms with Crippen LogP contribution in [0.15, 0.2) is 24.3 Å². The Hall–Kier alpha value is -1.66. The molecule has 0 aromatic rings. The number of hydrogen-bond donors (Lipinski definition) is 3. The highest BCUT2D eigenvalue weighted by Crippen LogP contribution is 2.19. The van der Waals surface area contributed by atoms with Crippen LogP contribution in [0.25, 0.3) is 0 Å². The van der Waals surface area contributed by atoms with Crippen LogP contribution in [0.3, 0.4) is 0 Å². The van der Waals surface area contributed by atoms with Crippen molar-refractivity contribution in [3.8, 4) is 0 Å². The molecular formula is C74H143NO5. The average molecular weight is 1130 g/mol. The van der Waals surface area contributed by atoms with Crippen molar-refractivity contribution in [1.82, 2.24) is 5.32 Å². The van der Waals surface area contributed by atoms with Crippen LogP contribution in [-0.4, -0.2) is 47.4 Å². The molecule has 474 valence electrons. The summed E-state index contributed by atoms with van der Waals surface area (Å²) in [6.07, 6.45) is 88.4. The molecule has 0 rings (SSSR count). The smallest absolute Gasteiger partial charge is 0.305 e. The first-order valence-corrected chi connectivity index (χ1v) is 36.6. The predicted molar refractivity (Wildman–Crippen MR) is 352 cm³/mol. The molecule has 0 heterocycles. The minimum Gasteiger partial charge on any atom is -0.466 e. The predicted octanol–water partition coefficient (Wildman–Crippen LogP) is 23.7. The summed E-state index contributed by atoms with van der Waals surface area (Å²) < 4.78 is 5.50. The van der Waals surface area contributed by atoms with Crippen LogP contribution < -0.4 is 5.32 Å². The molecule has 0 aliphatic carbocycles. The second-order valence-electron chi connectivity index (χ2n) is 25.3. The highest BCUT2D eigenvalue weighted by molar-refractivity contribution is 5.76. The number of carbonyl (C=O) groups excluding carboxylic acids is 2. The minimum absolute atomic E-state index is 0.0238. The number of aliphatic hydroxyl groups is 2. The summed E-state index contributed by atoms with van der Waals surface area (Å²) in [4.78, 5) is 24.5. The van der Waals surface area contributed by atoms with Crippen molar-refractivity contribution in [3.05, 3.63) is 24.3 Å². The van der Waals surface area contributed by atoms with E-state index in [9.17, 15) is 19.8 Å². The van der Waals surface area contributed by atoms with Crippen molar-refractivity contribution in [2.24, 2.45) is 0 Å².